The molecule has 0 spiro atoms. The van der Waals surface area contributed by atoms with Crippen molar-refractivity contribution in [2.45, 2.75) is 13.5 Å². The monoisotopic (exact) mass is 223 g/mol. The second-order valence-corrected chi connectivity index (χ2v) is 3.61. The van der Waals surface area contributed by atoms with Crippen LogP contribution in [0.3, 0.4) is 0 Å². The molecule has 0 amide bonds. The molecule has 5 heteroatoms. The Labute approximate surface area is 91.5 Å². The molecular formula is C11H11F2N3. The topological polar surface area (TPSA) is 43.8 Å². The van der Waals surface area contributed by atoms with E-state index in [4.69, 9.17) is 5.73 Å². The van der Waals surface area contributed by atoms with E-state index in [0.29, 0.717) is 11.4 Å². The lowest BCUT2D eigenvalue weighted by Gasteiger charge is -2.05. The first-order valence-corrected chi connectivity index (χ1v) is 4.79. The van der Waals surface area contributed by atoms with Gasteiger partial charge in [0, 0.05) is 17.2 Å². The number of aromatic nitrogens is 2. The zero-order valence-electron chi connectivity index (χ0n) is 8.74. The number of rotatable bonds is 2. The van der Waals surface area contributed by atoms with Gasteiger partial charge < -0.3 is 5.73 Å². The summed E-state index contributed by atoms with van der Waals surface area (Å²) in [6.07, 6.45) is 1.61. The number of hydrogen-bond acceptors (Lipinski definition) is 2. The molecule has 2 aromatic rings. The number of nitrogens with zero attached hydrogens (tertiary/aromatic N) is 2. The van der Waals surface area contributed by atoms with Gasteiger partial charge in [-0.3, -0.25) is 0 Å². The van der Waals surface area contributed by atoms with Crippen LogP contribution in [-0.4, -0.2) is 9.78 Å². The summed E-state index contributed by atoms with van der Waals surface area (Å²) >= 11 is 0. The minimum absolute atomic E-state index is 0.200. The summed E-state index contributed by atoms with van der Waals surface area (Å²) in [4.78, 5) is 0. The fraction of sp³-hybridized carbons (Fsp3) is 0.182. The van der Waals surface area contributed by atoms with E-state index in [1.54, 1.807) is 6.20 Å². The average molecular weight is 223 g/mol. The molecule has 3 nitrogen and oxygen atoms in total. The smallest absolute Gasteiger partial charge is 0.131 e. The molecule has 16 heavy (non-hydrogen) atoms. The molecule has 0 fully saturated rings. The van der Waals surface area contributed by atoms with Crippen LogP contribution in [0.4, 0.5) is 14.6 Å². The van der Waals surface area contributed by atoms with Crippen LogP contribution in [0, 0.1) is 18.6 Å². The lowest BCUT2D eigenvalue weighted by Crippen LogP contribution is -2.07. The maximum atomic E-state index is 13.4. The normalized spacial score (nSPS) is 10.7. The van der Waals surface area contributed by atoms with Gasteiger partial charge in [0.05, 0.1) is 12.7 Å². The van der Waals surface area contributed by atoms with E-state index in [-0.39, 0.29) is 6.54 Å². The molecule has 0 aliphatic carbocycles. The first-order valence-electron chi connectivity index (χ1n) is 4.79. The van der Waals surface area contributed by atoms with Crippen LogP contribution in [0.5, 0.6) is 0 Å². The van der Waals surface area contributed by atoms with E-state index in [0.717, 1.165) is 11.6 Å². The predicted octanol–water partition coefficient (Wildman–Crippen LogP) is 2.10. The maximum absolute atomic E-state index is 13.4. The number of nitrogens with two attached hydrogens (primary N) is 1. The molecule has 2 rings (SSSR count). The van der Waals surface area contributed by atoms with Crippen molar-refractivity contribution < 1.29 is 8.78 Å². The summed E-state index contributed by atoms with van der Waals surface area (Å²) in [6, 6.07) is 3.45. The van der Waals surface area contributed by atoms with Gasteiger partial charge >= 0.3 is 0 Å². The largest absolute Gasteiger partial charge is 0.384 e. The van der Waals surface area contributed by atoms with Crippen LogP contribution in [0.1, 0.15) is 11.1 Å². The van der Waals surface area contributed by atoms with E-state index >= 15 is 0 Å². The SMILES string of the molecule is Cc1cnn(Cc2ccc(F)cc2F)c1N. The van der Waals surface area contributed by atoms with Gasteiger partial charge in [-0.05, 0) is 13.0 Å². The molecule has 84 valence electrons. The van der Waals surface area contributed by atoms with Crippen molar-refractivity contribution in [3.05, 3.63) is 47.2 Å². The summed E-state index contributed by atoms with van der Waals surface area (Å²) in [5.41, 5.74) is 6.93. The summed E-state index contributed by atoms with van der Waals surface area (Å²) in [5.74, 6) is -0.692. The van der Waals surface area contributed by atoms with E-state index in [1.807, 2.05) is 6.92 Å². The quantitative estimate of drug-likeness (QED) is 0.847. The van der Waals surface area contributed by atoms with Crippen molar-refractivity contribution in [1.29, 1.82) is 0 Å². The Morgan fingerprint density at radius 1 is 1.38 bits per heavy atom. The summed E-state index contributed by atoms with van der Waals surface area (Å²) < 4.78 is 27.5. The number of benzene rings is 1. The molecule has 0 aliphatic heterocycles. The van der Waals surface area contributed by atoms with Gasteiger partial charge in [-0.25, -0.2) is 13.5 Å². The van der Waals surface area contributed by atoms with Gasteiger partial charge in [0.25, 0.3) is 0 Å². The fourth-order valence-corrected chi connectivity index (χ4v) is 1.43. The third-order valence-electron chi connectivity index (χ3n) is 2.41. The molecule has 0 radical (unpaired) electrons. The third kappa shape index (κ3) is 1.88. The molecule has 0 atom stereocenters. The van der Waals surface area contributed by atoms with Crippen molar-refractivity contribution >= 4 is 5.82 Å². The first-order chi connectivity index (χ1) is 7.58. The molecule has 0 unspecified atom stereocenters. The Kier molecular flexibility index (Phi) is 2.60. The van der Waals surface area contributed by atoms with Gasteiger partial charge in [-0.15, -0.1) is 0 Å². The Morgan fingerprint density at radius 2 is 2.12 bits per heavy atom. The number of aryl methyl sites for hydroxylation is 1. The molecule has 0 aliphatic rings. The second kappa shape index (κ2) is 3.92. The molecular weight excluding hydrogens is 212 g/mol. The number of nitrogen functional groups attached to an aromatic ring is 1. The summed E-state index contributed by atoms with van der Waals surface area (Å²) in [7, 11) is 0. The highest BCUT2D eigenvalue weighted by Crippen LogP contribution is 2.14. The highest BCUT2D eigenvalue weighted by Gasteiger charge is 2.08. The number of anilines is 1. The minimum atomic E-state index is -0.592. The Balaban J connectivity index is 2.30. The minimum Gasteiger partial charge on any atom is -0.384 e. The van der Waals surface area contributed by atoms with Gasteiger partial charge in [-0.1, -0.05) is 6.07 Å². The average Bonchev–Trinajstić information content (AvgIpc) is 2.54. The first kappa shape index (κ1) is 10.6. The van der Waals surface area contributed by atoms with Crippen LogP contribution >= 0.6 is 0 Å². The highest BCUT2D eigenvalue weighted by molar-refractivity contribution is 5.38. The van der Waals surface area contributed by atoms with Crippen molar-refractivity contribution in [3.8, 4) is 0 Å². The number of hydrogen-bond donors (Lipinski definition) is 1. The van der Waals surface area contributed by atoms with Crippen LogP contribution in [0.2, 0.25) is 0 Å². The zero-order chi connectivity index (χ0) is 11.7. The lowest BCUT2D eigenvalue weighted by atomic mass is 10.2. The molecule has 0 saturated carbocycles. The van der Waals surface area contributed by atoms with Crippen LogP contribution in [0.25, 0.3) is 0 Å². The van der Waals surface area contributed by atoms with Crippen molar-refractivity contribution in [1.82, 2.24) is 9.78 Å². The van der Waals surface area contributed by atoms with E-state index in [9.17, 15) is 8.78 Å². The highest BCUT2D eigenvalue weighted by atomic mass is 19.1. The van der Waals surface area contributed by atoms with Crippen LogP contribution < -0.4 is 5.73 Å². The third-order valence-corrected chi connectivity index (χ3v) is 2.41. The Bertz CT molecular complexity index is 520. The maximum Gasteiger partial charge on any atom is 0.131 e. The fourth-order valence-electron chi connectivity index (χ4n) is 1.43. The van der Waals surface area contributed by atoms with Gasteiger partial charge in [0.15, 0.2) is 0 Å². The summed E-state index contributed by atoms with van der Waals surface area (Å²) in [5, 5.41) is 4.01. The second-order valence-electron chi connectivity index (χ2n) is 3.61. The Morgan fingerprint density at radius 3 is 2.69 bits per heavy atom. The van der Waals surface area contributed by atoms with Crippen LogP contribution in [-0.2, 0) is 6.54 Å². The van der Waals surface area contributed by atoms with Crippen molar-refractivity contribution in [2.24, 2.45) is 0 Å². The zero-order valence-corrected chi connectivity index (χ0v) is 8.74. The van der Waals surface area contributed by atoms with Gasteiger partial charge in [0.1, 0.15) is 17.5 Å². The van der Waals surface area contributed by atoms with Gasteiger partial charge in [0.2, 0.25) is 0 Å². The lowest BCUT2D eigenvalue weighted by molar-refractivity contribution is 0.560. The molecule has 0 saturated heterocycles. The Hall–Kier alpha value is -1.91. The standard InChI is InChI=1S/C11H11F2N3/c1-7-5-15-16(11(7)14)6-8-2-3-9(12)4-10(8)13/h2-5H,6,14H2,1H3. The number of halogens is 2. The molecule has 2 N–H and O–H groups in total. The van der Waals surface area contributed by atoms with E-state index in [1.165, 1.54) is 16.8 Å². The summed E-state index contributed by atoms with van der Waals surface area (Å²) in [6.45, 7) is 2.02. The predicted molar refractivity (Wildman–Crippen MR) is 56.8 cm³/mol. The van der Waals surface area contributed by atoms with E-state index in [2.05, 4.69) is 5.10 Å². The molecule has 0 bridgehead atoms. The van der Waals surface area contributed by atoms with Crippen molar-refractivity contribution in [3.63, 3.8) is 0 Å². The van der Waals surface area contributed by atoms with Crippen LogP contribution in [0.15, 0.2) is 24.4 Å². The molecule has 1 heterocycles. The molecule has 1 aromatic carbocycles. The van der Waals surface area contributed by atoms with E-state index < -0.39 is 11.6 Å². The molecule has 1 aromatic heterocycles. The van der Waals surface area contributed by atoms with Gasteiger partial charge in [-0.2, -0.15) is 5.10 Å². The van der Waals surface area contributed by atoms with Crippen molar-refractivity contribution in [2.75, 3.05) is 5.73 Å².